The zero-order valence-corrected chi connectivity index (χ0v) is 8.09. The predicted octanol–water partition coefficient (Wildman–Crippen LogP) is 2.42. The molecule has 0 aliphatic rings. The lowest BCUT2D eigenvalue weighted by atomic mass is 10.1. The Kier molecular flexibility index (Phi) is 4.08. The fraction of sp³-hybridized carbons (Fsp3) is 0.500. The Bertz CT molecular complexity index is 295. The minimum absolute atomic E-state index is 0.105. The summed E-state index contributed by atoms with van der Waals surface area (Å²) in [6.07, 6.45) is -1.08. The summed E-state index contributed by atoms with van der Waals surface area (Å²) in [6.45, 7) is 0.105. The summed E-state index contributed by atoms with van der Waals surface area (Å²) in [5.41, 5.74) is -0.107. The number of pyridine rings is 1. The van der Waals surface area contributed by atoms with Gasteiger partial charge in [0.25, 0.3) is 0 Å². The molecule has 1 rings (SSSR count). The first-order valence-corrected chi connectivity index (χ1v) is 4.67. The number of alkyl halides is 3. The van der Waals surface area contributed by atoms with E-state index in [1.807, 2.05) is 0 Å². The monoisotopic (exact) mass is 219 g/mol. The van der Waals surface area contributed by atoms with Gasteiger partial charge in [-0.2, -0.15) is 13.2 Å². The van der Waals surface area contributed by atoms with E-state index < -0.39 is 11.9 Å². The molecule has 0 bridgehead atoms. The smallest absolute Gasteiger partial charge is 0.396 e. The zero-order valence-electron chi connectivity index (χ0n) is 8.09. The molecule has 0 radical (unpaired) electrons. The summed E-state index contributed by atoms with van der Waals surface area (Å²) in [6, 6.07) is 2.40. The van der Waals surface area contributed by atoms with Crippen LogP contribution in [-0.4, -0.2) is 16.7 Å². The highest BCUT2D eigenvalue weighted by Crippen LogP contribution is 2.27. The Hall–Kier alpha value is -1.10. The molecule has 0 aromatic carbocycles. The summed E-state index contributed by atoms with van der Waals surface area (Å²) in [5.74, 6) is 0. The third-order valence-corrected chi connectivity index (χ3v) is 1.99. The van der Waals surface area contributed by atoms with Crippen LogP contribution in [0.4, 0.5) is 13.2 Å². The van der Waals surface area contributed by atoms with Crippen molar-refractivity contribution in [2.24, 2.45) is 0 Å². The van der Waals surface area contributed by atoms with Crippen LogP contribution in [0.2, 0.25) is 0 Å². The van der Waals surface area contributed by atoms with Crippen molar-refractivity contribution in [3.63, 3.8) is 0 Å². The molecule has 0 atom stereocenters. The van der Waals surface area contributed by atoms with E-state index in [9.17, 15) is 13.2 Å². The highest BCUT2D eigenvalue weighted by Gasteiger charge is 2.31. The molecule has 0 aliphatic heterocycles. The molecule has 0 spiro atoms. The van der Waals surface area contributed by atoms with E-state index in [1.54, 1.807) is 0 Å². The molecule has 1 aromatic rings. The van der Waals surface area contributed by atoms with Gasteiger partial charge in [0.15, 0.2) is 0 Å². The lowest BCUT2D eigenvalue weighted by Gasteiger charge is -2.06. The maximum Gasteiger partial charge on any atom is 0.433 e. The van der Waals surface area contributed by atoms with Crippen LogP contribution >= 0.6 is 0 Å². The van der Waals surface area contributed by atoms with Crippen LogP contribution in [0.25, 0.3) is 0 Å². The summed E-state index contributed by atoms with van der Waals surface area (Å²) >= 11 is 0. The van der Waals surface area contributed by atoms with Gasteiger partial charge in [0.05, 0.1) is 0 Å². The van der Waals surface area contributed by atoms with E-state index in [-0.39, 0.29) is 6.61 Å². The van der Waals surface area contributed by atoms with Gasteiger partial charge >= 0.3 is 6.18 Å². The third kappa shape index (κ3) is 3.87. The van der Waals surface area contributed by atoms with Crippen molar-refractivity contribution in [3.8, 4) is 0 Å². The molecule has 0 aliphatic carbocycles. The van der Waals surface area contributed by atoms with Crippen molar-refractivity contribution >= 4 is 0 Å². The molecule has 1 heterocycles. The highest BCUT2D eigenvalue weighted by atomic mass is 19.4. The average molecular weight is 219 g/mol. The molecule has 0 fully saturated rings. The van der Waals surface area contributed by atoms with Crippen molar-refractivity contribution in [3.05, 3.63) is 29.6 Å². The average Bonchev–Trinajstić information content (AvgIpc) is 2.18. The summed E-state index contributed by atoms with van der Waals surface area (Å²) in [7, 11) is 0. The largest absolute Gasteiger partial charge is 0.433 e. The molecule has 0 saturated heterocycles. The first-order valence-electron chi connectivity index (χ1n) is 4.67. The van der Waals surface area contributed by atoms with Crippen molar-refractivity contribution < 1.29 is 18.3 Å². The highest BCUT2D eigenvalue weighted by molar-refractivity contribution is 5.15. The van der Waals surface area contributed by atoms with E-state index >= 15 is 0 Å². The predicted molar refractivity (Wildman–Crippen MR) is 49.3 cm³/mol. The van der Waals surface area contributed by atoms with Gasteiger partial charge in [-0.25, -0.2) is 0 Å². The van der Waals surface area contributed by atoms with Crippen LogP contribution in [0.5, 0.6) is 0 Å². The van der Waals surface area contributed by atoms with E-state index in [1.165, 1.54) is 12.3 Å². The number of rotatable bonds is 4. The standard InChI is InChI=1S/C10H12F3NO/c11-10(12,13)9-5-4-8(7-14-9)3-1-2-6-15/h4-5,7,15H,1-3,6H2. The Morgan fingerprint density at radius 2 is 1.93 bits per heavy atom. The summed E-state index contributed by atoms with van der Waals surface area (Å²) < 4.78 is 36.4. The van der Waals surface area contributed by atoms with Crippen molar-refractivity contribution in [1.29, 1.82) is 0 Å². The normalized spacial score (nSPS) is 11.7. The molecule has 1 N–H and O–H groups in total. The topological polar surface area (TPSA) is 33.1 Å². The van der Waals surface area contributed by atoms with E-state index in [2.05, 4.69) is 4.98 Å². The van der Waals surface area contributed by atoms with Crippen LogP contribution in [0, 0.1) is 0 Å². The molecular formula is C10H12F3NO. The van der Waals surface area contributed by atoms with Crippen LogP contribution in [0.3, 0.4) is 0 Å². The summed E-state index contributed by atoms with van der Waals surface area (Å²) in [5, 5.41) is 8.53. The van der Waals surface area contributed by atoms with Gasteiger partial charge in [-0.05, 0) is 30.9 Å². The fourth-order valence-electron chi connectivity index (χ4n) is 1.18. The number of hydrogen-bond acceptors (Lipinski definition) is 2. The number of aliphatic hydroxyl groups excluding tert-OH is 1. The molecule has 1 aromatic heterocycles. The maximum atomic E-state index is 12.1. The molecule has 2 nitrogen and oxygen atoms in total. The van der Waals surface area contributed by atoms with Gasteiger partial charge in [-0.15, -0.1) is 0 Å². The number of aromatic nitrogens is 1. The van der Waals surface area contributed by atoms with Gasteiger partial charge < -0.3 is 5.11 Å². The molecule has 84 valence electrons. The Labute approximate surface area is 85.8 Å². The Morgan fingerprint density at radius 3 is 2.40 bits per heavy atom. The number of halogens is 3. The lowest BCUT2D eigenvalue weighted by molar-refractivity contribution is -0.141. The Morgan fingerprint density at radius 1 is 1.20 bits per heavy atom. The lowest BCUT2D eigenvalue weighted by Crippen LogP contribution is -2.07. The second-order valence-corrected chi connectivity index (χ2v) is 3.23. The van der Waals surface area contributed by atoms with Crippen molar-refractivity contribution in [2.45, 2.75) is 25.4 Å². The molecule has 5 heteroatoms. The number of unbranched alkanes of at least 4 members (excludes halogenated alkanes) is 1. The van der Waals surface area contributed by atoms with Gasteiger partial charge in [-0.3, -0.25) is 4.98 Å². The number of aryl methyl sites for hydroxylation is 1. The number of aliphatic hydroxyl groups is 1. The maximum absolute atomic E-state index is 12.1. The van der Waals surface area contributed by atoms with E-state index in [4.69, 9.17) is 5.11 Å². The first-order chi connectivity index (χ1) is 7.04. The quantitative estimate of drug-likeness (QED) is 0.789. The minimum atomic E-state index is -4.37. The zero-order chi connectivity index (χ0) is 11.3. The molecule has 15 heavy (non-hydrogen) atoms. The Balaban J connectivity index is 2.57. The molecule has 0 saturated carbocycles. The fourth-order valence-corrected chi connectivity index (χ4v) is 1.18. The molecule has 0 unspecified atom stereocenters. The summed E-state index contributed by atoms with van der Waals surface area (Å²) in [4.78, 5) is 3.34. The first kappa shape index (κ1) is 12.0. The van der Waals surface area contributed by atoms with Crippen molar-refractivity contribution in [2.75, 3.05) is 6.61 Å². The van der Waals surface area contributed by atoms with Gasteiger partial charge in [-0.1, -0.05) is 6.07 Å². The minimum Gasteiger partial charge on any atom is -0.396 e. The van der Waals surface area contributed by atoms with Gasteiger partial charge in [0.1, 0.15) is 5.69 Å². The second kappa shape index (κ2) is 5.11. The SMILES string of the molecule is OCCCCc1ccc(C(F)(F)F)nc1. The second-order valence-electron chi connectivity index (χ2n) is 3.23. The third-order valence-electron chi connectivity index (χ3n) is 1.99. The van der Waals surface area contributed by atoms with E-state index in [0.29, 0.717) is 12.8 Å². The number of hydrogen-bond donors (Lipinski definition) is 1. The van der Waals surface area contributed by atoms with Crippen LogP contribution in [-0.2, 0) is 12.6 Å². The van der Waals surface area contributed by atoms with Crippen LogP contribution in [0.1, 0.15) is 24.1 Å². The molecular weight excluding hydrogens is 207 g/mol. The van der Waals surface area contributed by atoms with Crippen LogP contribution < -0.4 is 0 Å². The van der Waals surface area contributed by atoms with Crippen molar-refractivity contribution in [1.82, 2.24) is 4.98 Å². The van der Waals surface area contributed by atoms with Gasteiger partial charge in [0, 0.05) is 12.8 Å². The number of nitrogens with zero attached hydrogens (tertiary/aromatic N) is 1. The van der Waals surface area contributed by atoms with Crippen LogP contribution in [0.15, 0.2) is 18.3 Å². The van der Waals surface area contributed by atoms with Gasteiger partial charge in [0.2, 0.25) is 0 Å². The molecule has 0 amide bonds. The van der Waals surface area contributed by atoms with E-state index in [0.717, 1.165) is 18.1 Å².